The predicted octanol–water partition coefficient (Wildman–Crippen LogP) is 2.88. The second kappa shape index (κ2) is 8.89. The van der Waals surface area contributed by atoms with Gasteiger partial charge in [-0.15, -0.1) is 0 Å². The van der Waals surface area contributed by atoms with Gasteiger partial charge in [0, 0.05) is 56.5 Å². The normalized spacial score (nSPS) is 14.0. The van der Waals surface area contributed by atoms with E-state index < -0.39 is 0 Å². The zero-order chi connectivity index (χ0) is 22.8. The molecule has 0 aromatic carbocycles. The number of piperazine rings is 1. The highest BCUT2D eigenvalue weighted by Crippen LogP contribution is 2.34. The van der Waals surface area contributed by atoms with Gasteiger partial charge in [-0.3, -0.25) is 9.97 Å². The van der Waals surface area contributed by atoms with Crippen molar-refractivity contribution in [2.45, 2.75) is 27.2 Å². The van der Waals surface area contributed by atoms with Crippen LogP contribution in [0.4, 0.5) is 11.9 Å². The van der Waals surface area contributed by atoms with Gasteiger partial charge in [-0.1, -0.05) is 12.1 Å². The molecule has 0 radical (unpaired) electrons. The largest absolute Gasteiger partial charge is 0.356 e. The quantitative estimate of drug-likeness (QED) is 0.456. The summed E-state index contributed by atoms with van der Waals surface area (Å²) in [6.45, 7) is 9.04. The van der Waals surface area contributed by atoms with Crippen molar-refractivity contribution in [3.05, 3.63) is 54.0 Å². The van der Waals surface area contributed by atoms with Gasteiger partial charge in [0.15, 0.2) is 5.76 Å². The van der Waals surface area contributed by atoms with Crippen LogP contribution in [0.3, 0.4) is 0 Å². The maximum atomic E-state index is 5.69. The average Bonchev–Trinajstić information content (AvgIpc) is 3.25. The minimum Gasteiger partial charge on any atom is -0.356 e. The summed E-state index contributed by atoms with van der Waals surface area (Å²) in [7, 11) is 0. The van der Waals surface area contributed by atoms with E-state index in [2.05, 4.69) is 41.8 Å². The first-order valence-corrected chi connectivity index (χ1v) is 11.0. The standard InChI is InChI=1S/C23H25N9O/c1-4-17-16(3)30-33-21(17)18-13-28-23(29-20(18)19-14-26-15(2)12-27-19)32-10-8-31(9-11-32)22-24-6-5-7-25-22/h5-7,12-14H,4,8-11H2,1-3H3. The van der Waals surface area contributed by atoms with Crippen LogP contribution in [-0.4, -0.2) is 61.2 Å². The second-order valence-corrected chi connectivity index (χ2v) is 7.93. The lowest BCUT2D eigenvalue weighted by molar-refractivity contribution is 0.426. The van der Waals surface area contributed by atoms with Crippen LogP contribution in [0.2, 0.25) is 0 Å². The Labute approximate surface area is 191 Å². The first-order chi connectivity index (χ1) is 16.1. The van der Waals surface area contributed by atoms with Crippen molar-refractivity contribution in [1.82, 2.24) is 35.1 Å². The lowest BCUT2D eigenvalue weighted by Gasteiger charge is -2.34. The van der Waals surface area contributed by atoms with E-state index in [4.69, 9.17) is 14.5 Å². The van der Waals surface area contributed by atoms with Crippen molar-refractivity contribution >= 4 is 11.9 Å². The molecule has 10 heteroatoms. The summed E-state index contributed by atoms with van der Waals surface area (Å²) in [6.07, 6.45) is 9.62. The van der Waals surface area contributed by atoms with E-state index in [0.717, 1.165) is 61.1 Å². The van der Waals surface area contributed by atoms with Gasteiger partial charge in [0.1, 0.15) is 11.4 Å². The molecule has 0 atom stereocenters. The highest BCUT2D eigenvalue weighted by atomic mass is 16.5. The number of aryl methyl sites for hydroxylation is 2. The van der Waals surface area contributed by atoms with Crippen LogP contribution < -0.4 is 9.80 Å². The van der Waals surface area contributed by atoms with Crippen LogP contribution >= 0.6 is 0 Å². The third kappa shape index (κ3) is 4.11. The molecule has 0 bridgehead atoms. The number of hydrogen-bond donors (Lipinski definition) is 0. The summed E-state index contributed by atoms with van der Waals surface area (Å²) in [6, 6.07) is 1.82. The Morgan fingerprint density at radius 3 is 2.24 bits per heavy atom. The fourth-order valence-electron chi connectivity index (χ4n) is 3.98. The molecule has 0 spiro atoms. The van der Waals surface area contributed by atoms with E-state index >= 15 is 0 Å². The Morgan fingerprint density at radius 1 is 0.848 bits per heavy atom. The summed E-state index contributed by atoms with van der Waals surface area (Å²) in [4.78, 5) is 31.7. The molecule has 0 unspecified atom stereocenters. The molecule has 1 saturated heterocycles. The molecule has 0 amide bonds. The molecule has 4 aromatic heterocycles. The van der Waals surface area contributed by atoms with Gasteiger partial charge in [0.25, 0.3) is 0 Å². The molecule has 1 fully saturated rings. The summed E-state index contributed by atoms with van der Waals surface area (Å²) >= 11 is 0. The highest BCUT2D eigenvalue weighted by molar-refractivity contribution is 5.78. The van der Waals surface area contributed by atoms with E-state index in [1.165, 1.54) is 0 Å². The SMILES string of the molecule is CCc1c(C)noc1-c1cnc(N2CCN(c3ncccn3)CC2)nc1-c1cnc(C)cn1. The Morgan fingerprint density at radius 2 is 1.58 bits per heavy atom. The van der Waals surface area contributed by atoms with Crippen LogP contribution in [-0.2, 0) is 6.42 Å². The van der Waals surface area contributed by atoms with Crippen molar-refractivity contribution in [2.24, 2.45) is 0 Å². The second-order valence-electron chi connectivity index (χ2n) is 7.93. The van der Waals surface area contributed by atoms with Crippen LogP contribution in [0.25, 0.3) is 22.7 Å². The van der Waals surface area contributed by atoms with Crippen molar-refractivity contribution in [3.63, 3.8) is 0 Å². The summed E-state index contributed by atoms with van der Waals surface area (Å²) in [5.41, 5.74) is 4.89. The van der Waals surface area contributed by atoms with E-state index in [1.807, 2.05) is 26.1 Å². The summed E-state index contributed by atoms with van der Waals surface area (Å²) < 4.78 is 5.69. The van der Waals surface area contributed by atoms with Crippen molar-refractivity contribution in [2.75, 3.05) is 36.0 Å². The smallest absolute Gasteiger partial charge is 0.226 e. The number of nitrogens with zero attached hydrogens (tertiary/aromatic N) is 9. The average molecular weight is 444 g/mol. The molecule has 0 aliphatic carbocycles. The molecule has 1 aliphatic heterocycles. The zero-order valence-electron chi connectivity index (χ0n) is 18.9. The highest BCUT2D eigenvalue weighted by Gasteiger charge is 2.25. The van der Waals surface area contributed by atoms with E-state index in [0.29, 0.717) is 23.1 Å². The minimum atomic E-state index is 0.652. The first kappa shape index (κ1) is 20.9. The molecular formula is C23H25N9O. The Hall–Kier alpha value is -3.95. The van der Waals surface area contributed by atoms with Crippen LogP contribution in [0.1, 0.15) is 23.9 Å². The summed E-state index contributed by atoms with van der Waals surface area (Å²) in [5, 5.41) is 4.17. The first-order valence-electron chi connectivity index (χ1n) is 11.0. The van der Waals surface area contributed by atoms with Crippen LogP contribution in [0.15, 0.2) is 41.6 Å². The Kier molecular flexibility index (Phi) is 5.64. The molecule has 4 aromatic rings. The summed E-state index contributed by atoms with van der Waals surface area (Å²) in [5.74, 6) is 2.08. The maximum absolute atomic E-state index is 5.69. The number of rotatable bonds is 5. The number of aromatic nitrogens is 7. The lowest BCUT2D eigenvalue weighted by atomic mass is 10.0. The number of hydrogen-bond acceptors (Lipinski definition) is 10. The van der Waals surface area contributed by atoms with Crippen LogP contribution in [0.5, 0.6) is 0 Å². The van der Waals surface area contributed by atoms with Crippen molar-refractivity contribution < 1.29 is 4.52 Å². The van der Waals surface area contributed by atoms with Gasteiger partial charge < -0.3 is 14.3 Å². The lowest BCUT2D eigenvalue weighted by Crippen LogP contribution is -2.47. The molecule has 1 aliphatic rings. The molecular weight excluding hydrogens is 418 g/mol. The van der Waals surface area contributed by atoms with Crippen LogP contribution in [0, 0.1) is 13.8 Å². The molecule has 5 rings (SSSR count). The van der Waals surface area contributed by atoms with Gasteiger partial charge in [0.2, 0.25) is 11.9 Å². The third-order valence-electron chi connectivity index (χ3n) is 5.78. The minimum absolute atomic E-state index is 0.652. The van der Waals surface area contributed by atoms with Gasteiger partial charge in [-0.05, 0) is 26.3 Å². The molecule has 0 saturated carbocycles. The molecule has 168 valence electrons. The van der Waals surface area contributed by atoms with E-state index in [-0.39, 0.29) is 0 Å². The molecule has 0 N–H and O–H groups in total. The van der Waals surface area contributed by atoms with E-state index in [9.17, 15) is 0 Å². The fraction of sp³-hybridized carbons (Fsp3) is 0.348. The van der Waals surface area contributed by atoms with E-state index in [1.54, 1.807) is 24.8 Å². The van der Waals surface area contributed by atoms with Gasteiger partial charge in [-0.25, -0.2) is 19.9 Å². The predicted molar refractivity (Wildman–Crippen MR) is 124 cm³/mol. The Balaban J connectivity index is 1.49. The Bertz CT molecular complexity index is 1230. The molecule has 10 nitrogen and oxygen atoms in total. The fourth-order valence-corrected chi connectivity index (χ4v) is 3.98. The third-order valence-corrected chi connectivity index (χ3v) is 5.78. The van der Waals surface area contributed by atoms with Crippen molar-refractivity contribution in [1.29, 1.82) is 0 Å². The molecule has 33 heavy (non-hydrogen) atoms. The topological polar surface area (TPSA) is 110 Å². The number of anilines is 2. The van der Waals surface area contributed by atoms with Crippen molar-refractivity contribution in [3.8, 4) is 22.7 Å². The maximum Gasteiger partial charge on any atom is 0.226 e. The molecule has 5 heterocycles. The van der Waals surface area contributed by atoms with Gasteiger partial charge in [-0.2, -0.15) is 0 Å². The zero-order valence-corrected chi connectivity index (χ0v) is 18.9. The van der Waals surface area contributed by atoms with Gasteiger partial charge in [0.05, 0.1) is 23.1 Å². The monoisotopic (exact) mass is 443 g/mol. The van der Waals surface area contributed by atoms with Gasteiger partial charge >= 0.3 is 0 Å².